The predicted molar refractivity (Wildman–Crippen MR) is 62.6 cm³/mol. The van der Waals surface area contributed by atoms with Crippen LogP contribution in [0.15, 0.2) is 0 Å². The topological polar surface area (TPSA) is 66.8 Å². The Morgan fingerprint density at radius 2 is 2.18 bits per heavy atom. The monoisotopic (exact) mass is 243 g/mol. The first kappa shape index (κ1) is 14.0. The zero-order valence-corrected chi connectivity index (χ0v) is 10.7. The Labute approximate surface area is 102 Å². The van der Waals surface area contributed by atoms with Crippen LogP contribution < -0.4 is 0 Å². The SMILES string of the molecule is COCC(C)C(=O)N1CCCC(C)(C(=O)O)C1. The molecule has 0 radical (unpaired) electrons. The largest absolute Gasteiger partial charge is 0.481 e. The van der Waals surface area contributed by atoms with Crippen molar-refractivity contribution in [1.82, 2.24) is 4.90 Å². The summed E-state index contributed by atoms with van der Waals surface area (Å²) in [6.45, 7) is 4.83. The molecule has 17 heavy (non-hydrogen) atoms. The molecule has 1 aliphatic heterocycles. The maximum atomic E-state index is 12.1. The summed E-state index contributed by atoms with van der Waals surface area (Å²) in [7, 11) is 1.56. The van der Waals surface area contributed by atoms with Crippen LogP contribution in [0.2, 0.25) is 0 Å². The van der Waals surface area contributed by atoms with E-state index < -0.39 is 11.4 Å². The molecular weight excluding hydrogens is 222 g/mol. The number of likely N-dealkylation sites (tertiary alicyclic amines) is 1. The van der Waals surface area contributed by atoms with E-state index in [0.717, 1.165) is 6.42 Å². The first-order chi connectivity index (χ1) is 7.90. The number of methoxy groups -OCH3 is 1. The zero-order valence-electron chi connectivity index (χ0n) is 10.7. The summed E-state index contributed by atoms with van der Waals surface area (Å²) in [5.41, 5.74) is -0.805. The van der Waals surface area contributed by atoms with E-state index in [0.29, 0.717) is 26.1 Å². The van der Waals surface area contributed by atoms with Crippen molar-refractivity contribution in [1.29, 1.82) is 0 Å². The first-order valence-electron chi connectivity index (χ1n) is 5.92. The molecule has 1 N–H and O–H groups in total. The Morgan fingerprint density at radius 3 is 2.71 bits per heavy atom. The second-order valence-corrected chi connectivity index (χ2v) is 5.09. The highest BCUT2D eigenvalue weighted by molar-refractivity contribution is 5.81. The molecule has 0 aliphatic carbocycles. The van der Waals surface area contributed by atoms with Gasteiger partial charge in [0.15, 0.2) is 0 Å². The highest BCUT2D eigenvalue weighted by Crippen LogP contribution is 2.30. The van der Waals surface area contributed by atoms with Gasteiger partial charge in [0.2, 0.25) is 5.91 Å². The minimum atomic E-state index is -0.825. The van der Waals surface area contributed by atoms with Crippen molar-refractivity contribution in [3.8, 4) is 0 Å². The highest BCUT2D eigenvalue weighted by Gasteiger charge is 2.39. The summed E-state index contributed by atoms with van der Waals surface area (Å²) in [6.07, 6.45) is 1.37. The highest BCUT2D eigenvalue weighted by atomic mass is 16.5. The number of carboxylic acid groups (broad SMARTS) is 1. The van der Waals surface area contributed by atoms with Crippen LogP contribution in [0.1, 0.15) is 26.7 Å². The van der Waals surface area contributed by atoms with Crippen LogP contribution in [-0.4, -0.2) is 48.7 Å². The molecular formula is C12H21NO4. The van der Waals surface area contributed by atoms with Gasteiger partial charge in [0, 0.05) is 20.2 Å². The van der Waals surface area contributed by atoms with Crippen LogP contribution in [-0.2, 0) is 14.3 Å². The van der Waals surface area contributed by atoms with Crippen molar-refractivity contribution < 1.29 is 19.4 Å². The number of nitrogens with zero attached hydrogens (tertiary/aromatic N) is 1. The van der Waals surface area contributed by atoms with Crippen molar-refractivity contribution in [2.75, 3.05) is 26.8 Å². The van der Waals surface area contributed by atoms with Crippen molar-refractivity contribution in [2.45, 2.75) is 26.7 Å². The zero-order chi connectivity index (χ0) is 13.1. The van der Waals surface area contributed by atoms with Crippen LogP contribution in [0.4, 0.5) is 0 Å². The molecule has 98 valence electrons. The molecule has 2 unspecified atom stereocenters. The molecule has 0 bridgehead atoms. The summed E-state index contributed by atoms with van der Waals surface area (Å²) in [5, 5.41) is 9.18. The normalized spacial score (nSPS) is 26.6. The second kappa shape index (κ2) is 5.49. The number of carbonyl (C=O) groups is 2. The van der Waals surface area contributed by atoms with Crippen LogP contribution in [0.5, 0.6) is 0 Å². The van der Waals surface area contributed by atoms with E-state index in [1.54, 1.807) is 25.9 Å². The van der Waals surface area contributed by atoms with Gasteiger partial charge in [-0.2, -0.15) is 0 Å². The molecule has 1 aliphatic rings. The minimum Gasteiger partial charge on any atom is -0.481 e. The molecule has 1 amide bonds. The average molecular weight is 243 g/mol. The number of hydrogen-bond donors (Lipinski definition) is 1. The van der Waals surface area contributed by atoms with Gasteiger partial charge in [0.1, 0.15) is 0 Å². The number of aliphatic carboxylic acids is 1. The van der Waals surface area contributed by atoms with Crippen molar-refractivity contribution in [3.63, 3.8) is 0 Å². The molecule has 5 heteroatoms. The quantitative estimate of drug-likeness (QED) is 0.799. The fourth-order valence-electron chi connectivity index (χ4n) is 2.24. The van der Waals surface area contributed by atoms with E-state index in [1.165, 1.54) is 0 Å². The van der Waals surface area contributed by atoms with Crippen LogP contribution in [0, 0.1) is 11.3 Å². The van der Waals surface area contributed by atoms with Gasteiger partial charge >= 0.3 is 5.97 Å². The van der Waals surface area contributed by atoms with Gasteiger partial charge < -0.3 is 14.7 Å². The molecule has 0 saturated carbocycles. The fourth-order valence-corrected chi connectivity index (χ4v) is 2.24. The predicted octanol–water partition coefficient (Wildman–Crippen LogP) is 0.982. The Bertz CT molecular complexity index is 305. The molecule has 1 fully saturated rings. The van der Waals surface area contributed by atoms with Gasteiger partial charge in [-0.25, -0.2) is 0 Å². The molecule has 1 saturated heterocycles. The molecule has 0 spiro atoms. The number of ether oxygens (including phenoxy) is 1. The van der Waals surface area contributed by atoms with Crippen molar-refractivity contribution in [3.05, 3.63) is 0 Å². The van der Waals surface area contributed by atoms with E-state index >= 15 is 0 Å². The molecule has 2 atom stereocenters. The minimum absolute atomic E-state index is 0.0148. The molecule has 1 rings (SSSR count). The average Bonchev–Trinajstić information content (AvgIpc) is 2.28. The summed E-state index contributed by atoms with van der Waals surface area (Å²) in [4.78, 5) is 24.9. The number of piperidine rings is 1. The van der Waals surface area contributed by atoms with E-state index in [-0.39, 0.29) is 11.8 Å². The van der Waals surface area contributed by atoms with Gasteiger partial charge in [0.05, 0.1) is 17.9 Å². The van der Waals surface area contributed by atoms with Gasteiger partial charge in [-0.3, -0.25) is 9.59 Å². The Morgan fingerprint density at radius 1 is 1.53 bits per heavy atom. The van der Waals surface area contributed by atoms with Gasteiger partial charge in [-0.05, 0) is 19.8 Å². The van der Waals surface area contributed by atoms with Gasteiger partial charge in [-0.15, -0.1) is 0 Å². The number of carbonyl (C=O) groups excluding carboxylic acids is 1. The Balaban J connectivity index is 2.66. The van der Waals surface area contributed by atoms with Gasteiger partial charge in [-0.1, -0.05) is 6.92 Å². The summed E-state index contributed by atoms with van der Waals surface area (Å²) < 4.78 is 4.95. The van der Waals surface area contributed by atoms with E-state index in [9.17, 15) is 14.7 Å². The lowest BCUT2D eigenvalue weighted by Crippen LogP contribution is -2.50. The lowest BCUT2D eigenvalue weighted by Gasteiger charge is -2.38. The van der Waals surface area contributed by atoms with Gasteiger partial charge in [0.25, 0.3) is 0 Å². The van der Waals surface area contributed by atoms with Crippen LogP contribution in [0.25, 0.3) is 0 Å². The Kier molecular flexibility index (Phi) is 4.51. The number of rotatable bonds is 4. The summed E-state index contributed by atoms with van der Waals surface area (Å²) >= 11 is 0. The molecule has 1 heterocycles. The van der Waals surface area contributed by atoms with Crippen molar-refractivity contribution in [2.24, 2.45) is 11.3 Å². The fraction of sp³-hybridized carbons (Fsp3) is 0.833. The first-order valence-corrected chi connectivity index (χ1v) is 5.92. The van der Waals surface area contributed by atoms with E-state index in [1.807, 2.05) is 0 Å². The molecule has 0 aromatic heterocycles. The third-order valence-corrected chi connectivity index (χ3v) is 3.36. The lowest BCUT2D eigenvalue weighted by atomic mass is 9.81. The second-order valence-electron chi connectivity index (χ2n) is 5.09. The summed E-state index contributed by atoms with van der Waals surface area (Å²) in [6, 6.07) is 0. The third kappa shape index (κ3) is 3.19. The van der Waals surface area contributed by atoms with Crippen LogP contribution in [0.3, 0.4) is 0 Å². The Hall–Kier alpha value is -1.10. The lowest BCUT2D eigenvalue weighted by molar-refractivity contribution is -0.154. The summed E-state index contributed by atoms with van der Waals surface area (Å²) in [5.74, 6) is -1.05. The number of amides is 1. The van der Waals surface area contributed by atoms with E-state index in [2.05, 4.69) is 0 Å². The number of hydrogen-bond acceptors (Lipinski definition) is 3. The molecule has 0 aromatic rings. The van der Waals surface area contributed by atoms with E-state index in [4.69, 9.17) is 4.74 Å². The smallest absolute Gasteiger partial charge is 0.311 e. The molecule has 0 aromatic carbocycles. The molecule has 5 nitrogen and oxygen atoms in total. The van der Waals surface area contributed by atoms with Crippen LogP contribution >= 0.6 is 0 Å². The van der Waals surface area contributed by atoms with Crippen molar-refractivity contribution >= 4 is 11.9 Å². The standard InChI is InChI=1S/C12H21NO4/c1-9(7-17-3)10(14)13-6-4-5-12(2,8-13)11(15)16/h9H,4-8H2,1-3H3,(H,15,16). The third-order valence-electron chi connectivity index (χ3n) is 3.36. The maximum Gasteiger partial charge on any atom is 0.311 e. The maximum absolute atomic E-state index is 12.1. The number of carboxylic acids is 1.